The van der Waals surface area contributed by atoms with Crippen LogP contribution in [0.2, 0.25) is 0 Å². The molecular formula is C12H15N2OP. The normalized spacial score (nSPS) is 11.9. The number of pyridine rings is 2. The average molecular weight is 234 g/mol. The Labute approximate surface area is 95.3 Å². The van der Waals surface area contributed by atoms with Crippen molar-refractivity contribution >= 4 is 23.6 Å². The topological polar surface area (TPSA) is 42.9 Å². The van der Waals surface area contributed by atoms with Crippen LogP contribution >= 0.6 is 7.14 Å². The van der Waals surface area contributed by atoms with Gasteiger partial charge in [0.25, 0.3) is 0 Å². The zero-order valence-corrected chi connectivity index (χ0v) is 10.4. The second kappa shape index (κ2) is 4.34. The van der Waals surface area contributed by atoms with Crippen LogP contribution in [0.25, 0.3) is 11.0 Å². The first-order chi connectivity index (χ1) is 7.69. The molecule has 0 spiro atoms. The largest absolute Gasteiger partial charge is 0.317 e. The Balaban J connectivity index is 2.59. The molecule has 2 aromatic rings. The summed E-state index contributed by atoms with van der Waals surface area (Å²) in [6, 6.07) is 7.50. The highest BCUT2D eigenvalue weighted by Gasteiger charge is 2.21. The molecule has 0 radical (unpaired) electrons. The highest BCUT2D eigenvalue weighted by Crippen LogP contribution is 2.42. The number of hydrogen-bond acceptors (Lipinski definition) is 3. The summed E-state index contributed by atoms with van der Waals surface area (Å²) in [6.45, 7) is 3.92. The predicted octanol–water partition coefficient (Wildman–Crippen LogP) is 2.66. The van der Waals surface area contributed by atoms with Gasteiger partial charge in [-0.25, -0.2) is 4.98 Å². The van der Waals surface area contributed by atoms with E-state index in [1.54, 1.807) is 6.20 Å². The fraction of sp³-hybridized carbons (Fsp3) is 0.333. The van der Waals surface area contributed by atoms with Crippen LogP contribution in [-0.2, 0) is 4.57 Å². The molecule has 2 aromatic heterocycles. The van der Waals surface area contributed by atoms with Crippen molar-refractivity contribution in [1.82, 2.24) is 9.97 Å². The third-order valence-electron chi connectivity index (χ3n) is 2.88. The smallest absolute Gasteiger partial charge is 0.132 e. The maximum Gasteiger partial charge on any atom is 0.132 e. The zero-order chi connectivity index (χ0) is 11.6. The Morgan fingerprint density at radius 2 is 1.88 bits per heavy atom. The summed E-state index contributed by atoms with van der Waals surface area (Å²) in [6.07, 6.45) is 3.08. The molecule has 0 bridgehead atoms. The number of aromatic nitrogens is 2. The Bertz CT molecular complexity index is 545. The standard InChI is InChI=1S/C12H15N2OP/c1-3-16(15,4-2)12-8-7-10-11(14-12)6-5-9-13-10/h5-9H,3-4H2,1-2H3. The van der Waals surface area contributed by atoms with Gasteiger partial charge in [0, 0.05) is 18.5 Å². The lowest BCUT2D eigenvalue weighted by Crippen LogP contribution is -2.12. The number of hydrogen-bond donors (Lipinski definition) is 0. The molecule has 2 rings (SSSR count). The summed E-state index contributed by atoms with van der Waals surface area (Å²) >= 11 is 0. The molecule has 0 fully saturated rings. The number of rotatable bonds is 3. The van der Waals surface area contributed by atoms with Gasteiger partial charge in [-0.3, -0.25) is 4.98 Å². The lowest BCUT2D eigenvalue weighted by atomic mass is 10.3. The first kappa shape index (κ1) is 11.3. The van der Waals surface area contributed by atoms with Crippen LogP contribution in [0.3, 0.4) is 0 Å². The fourth-order valence-electron chi connectivity index (χ4n) is 1.72. The molecule has 0 aliphatic heterocycles. The van der Waals surface area contributed by atoms with E-state index in [-0.39, 0.29) is 0 Å². The van der Waals surface area contributed by atoms with Crippen molar-refractivity contribution in [2.24, 2.45) is 0 Å². The van der Waals surface area contributed by atoms with Gasteiger partial charge in [-0.05, 0) is 24.3 Å². The van der Waals surface area contributed by atoms with Gasteiger partial charge in [-0.15, -0.1) is 0 Å². The Morgan fingerprint density at radius 3 is 2.56 bits per heavy atom. The predicted molar refractivity (Wildman–Crippen MR) is 67.9 cm³/mol. The first-order valence-electron chi connectivity index (χ1n) is 5.50. The van der Waals surface area contributed by atoms with Crippen molar-refractivity contribution in [1.29, 1.82) is 0 Å². The summed E-state index contributed by atoms with van der Waals surface area (Å²) < 4.78 is 12.5. The van der Waals surface area contributed by atoms with Crippen LogP contribution in [-0.4, -0.2) is 22.3 Å². The minimum atomic E-state index is -2.28. The van der Waals surface area contributed by atoms with E-state index in [0.29, 0.717) is 12.3 Å². The second-order valence-corrected chi connectivity index (χ2v) is 7.23. The maximum atomic E-state index is 12.5. The minimum absolute atomic E-state index is 0.669. The lowest BCUT2D eigenvalue weighted by Gasteiger charge is -2.13. The van der Waals surface area contributed by atoms with Gasteiger partial charge >= 0.3 is 0 Å². The summed E-state index contributed by atoms with van der Waals surface area (Å²) in [5.74, 6) is 0. The molecule has 0 aliphatic rings. The van der Waals surface area contributed by atoms with Crippen molar-refractivity contribution in [3.8, 4) is 0 Å². The van der Waals surface area contributed by atoms with Gasteiger partial charge in [0.05, 0.1) is 11.0 Å². The van der Waals surface area contributed by atoms with Crippen LogP contribution in [0.5, 0.6) is 0 Å². The van der Waals surface area contributed by atoms with E-state index in [9.17, 15) is 4.57 Å². The summed E-state index contributed by atoms with van der Waals surface area (Å²) in [5.41, 5.74) is 2.41. The molecule has 0 atom stereocenters. The van der Waals surface area contributed by atoms with E-state index < -0.39 is 7.14 Å². The molecule has 0 aliphatic carbocycles. The summed E-state index contributed by atoms with van der Waals surface area (Å²) in [5, 5.41) is 0. The highest BCUT2D eigenvalue weighted by atomic mass is 31.2. The van der Waals surface area contributed by atoms with E-state index in [1.165, 1.54) is 0 Å². The lowest BCUT2D eigenvalue weighted by molar-refractivity contribution is 0.582. The number of nitrogens with zero attached hydrogens (tertiary/aromatic N) is 2. The molecule has 4 heteroatoms. The average Bonchev–Trinajstić information content (AvgIpc) is 2.37. The Morgan fingerprint density at radius 1 is 1.12 bits per heavy atom. The molecule has 0 N–H and O–H groups in total. The summed E-state index contributed by atoms with van der Waals surface area (Å²) in [7, 11) is -2.28. The van der Waals surface area contributed by atoms with Gasteiger partial charge in [0.1, 0.15) is 12.6 Å². The minimum Gasteiger partial charge on any atom is -0.317 e. The van der Waals surface area contributed by atoms with Gasteiger partial charge in [0.15, 0.2) is 0 Å². The van der Waals surface area contributed by atoms with E-state index >= 15 is 0 Å². The molecule has 0 unspecified atom stereocenters. The summed E-state index contributed by atoms with van der Waals surface area (Å²) in [4.78, 5) is 8.67. The van der Waals surface area contributed by atoms with Crippen LogP contribution in [0, 0.1) is 0 Å². The highest BCUT2D eigenvalue weighted by molar-refractivity contribution is 7.71. The third kappa shape index (κ3) is 1.88. The quantitative estimate of drug-likeness (QED) is 0.767. The van der Waals surface area contributed by atoms with Crippen molar-refractivity contribution in [2.75, 3.05) is 12.3 Å². The van der Waals surface area contributed by atoms with E-state index in [0.717, 1.165) is 16.5 Å². The second-order valence-electron chi connectivity index (χ2n) is 3.73. The van der Waals surface area contributed by atoms with Crippen LogP contribution < -0.4 is 5.44 Å². The zero-order valence-electron chi connectivity index (χ0n) is 9.55. The van der Waals surface area contributed by atoms with E-state index in [1.807, 2.05) is 38.1 Å². The molecule has 0 amide bonds. The van der Waals surface area contributed by atoms with Crippen LogP contribution in [0.4, 0.5) is 0 Å². The number of fused-ring (bicyclic) bond motifs is 1. The molecule has 0 saturated heterocycles. The van der Waals surface area contributed by atoms with E-state index in [2.05, 4.69) is 9.97 Å². The van der Waals surface area contributed by atoms with E-state index in [4.69, 9.17) is 0 Å². The first-order valence-corrected chi connectivity index (χ1v) is 7.58. The SMILES string of the molecule is CCP(=O)(CC)c1ccc2ncccc2n1. The van der Waals surface area contributed by atoms with Crippen molar-refractivity contribution in [2.45, 2.75) is 13.8 Å². The fourth-order valence-corrected chi connectivity index (χ4v) is 3.45. The molecule has 0 saturated carbocycles. The molecule has 3 nitrogen and oxygen atoms in total. The van der Waals surface area contributed by atoms with Gasteiger partial charge in [-0.2, -0.15) is 0 Å². The van der Waals surface area contributed by atoms with Crippen molar-refractivity contribution in [3.63, 3.8) is 0 Å². The molecule has 2 heterocycles. The molecule has 0 aromatic carbocycles. The monoisotopic (exact) mass is 234 g/mol. The third-order valence-corrected chi connectivity index (χ3v) is 6.01. The Kier molecular flexibility index (Phi) is 3.06. The van der Waals surface area contributed by atoms with Crippen molar-refractivity contribution in [3.05, 3.63) is 30.5 Å². The Hall–Kier alpha value is -1.21. The van der Waals surface area contributed by atoms with Gasteiger partial charge in [-0.1, -0.05) is 13.8 Å². The van der Waals surface area contributed by atoms with Crippen LogP contribution in [0.1, 0.15) is 13.8 Å². The van der Waals surface area contributed by atoms with Crippen LogP contribution in [0.15, 0.2) is 30.5 Å². The van der Waals surface area contributed by atoms with Crippen molar-refractivity contribution < 1.29 is 4.57 Å². The molecule has 84 valence electrons. The molecular weight excluding hydrogens is 219 g/mol. The van der Waals surface area contributed by atoms with Gasteiger partial charge in [0.2, 0.25) is 0 Å². The molecule has 16 heavy (non-hydrogen) atoms. The maximum absolute atomic E-state index is 12.5. The van der Waals surface area contributed by atoms with Gasteiger partial charge < -0.3 is 4.57 Å².